The summed E-state index contributed by atoms with van der Waals surface area (Å²) in [6.07, 6.45) is 1.30. The van der Waals surface area contributed by atoms with Crippen LogP contribution < -0.4 is 0 Å². The van der Waals surface area contributed by atoms with Gasteiger partial charge in [0.15, 0.2) is 0 Å². The maximum absolute atomic E-state index is 11.0. The minimum absolute atomic E-state index is 0.0806. The van der Waals surface area contributed by atoms with Crippen molar-refractivity contribution in [1.29, 1.82) is 0 Å². The molecule has 0 bridgehead atoms. The Morgan fingerprint density at radius 2 is 2.67 bits per heavy atom. The second kappa shape index (κ2) is 4.01. The summed E-state index contributed by atoms with van der Waals surface area (Å²) in [5.41, 5.74) is 2.67. The van der Waals surface area contributed by atoms with E-state index in [1.165, 1.54) is 17.4 Å². The van der Waals surface area contributed by atoms with Crippen molar-refractivity contribution in [2.45, 2.75) is 6.54 Å². The average Bonchev–Trinajstić information content (AvgIpc) is 2.55. The van der Waals surface area contributed by atoms with Crippen molar-refractivity contribution in [3.8, 4) is 0 Å². The SMILES string of the molecule is C=CC(=O)N(C)Cc1cscn1. The highest BCUT2D eigenvalue weighted by Gasteiger charge is 2.05. The molecule has 1 aromatic heterocycles. The standard InChI is InChI=1S/C8H10N2OS/c1-3-8(11)10(2)4-7-5-12-6-9-7/h3,5-6H,1,4H2,2H3. The van der Waals surface area contributed by atoms with Crippen LogP contribution >= 0.6 is 11.3 Å². The first-order chi connectivity index (χ1) is 5.74. The van der Waals surface area contributed by atoms with Gasteiger partial charge in [0.2, 0.25) is 5.91 Å². The van der Waals surface area contributed by atoms with Crippen LogP contribution in [-0.4, -0.2) is 22.8 Å². The monoisotopic (exact) mass is 182 g/mol. The molecule has 0 aliphatic rings. The molecule has 3 nitrogen and oxygen atoms in total. The predicted octanol–water partition coefficient (Wildman–Crippen LogP) is 1.29. The molecule has 4 heteroatoms. The Morgan fingerprint density at radius 1 is 1.92 bits per heavy atom. The second-order valence-corrected chi connectivity index (χ2v) is 3.10. The van der Waals surface area contributed by atoms with Crippen LogP contribution in [0, 0.1) is 0 Å². The summed E-state index contributed by atoms with van der Waals surface area (Å²) in [6.45, 7) is 3.95. The smallest absolute Gasteiger partial charge is 0.246 e. The summed E-state index contributed by atoms with van der Waals surface area (Å²) in [4.78, 5) is 16.7. The molecule has 0 aromatic carbocycles. The second-order valence-electron chi connectivity index (χ2n) is 2.38. The molecule has 1 rings (SSSR count). The zero-order chi connectivity index (χ0) is 8.97. The summed E-state index contributed by atoms with van der Waals surface area (Å²) < 4.78 is 0. The summed E-state index contributed by atoms with van der Waals surface area (Å²) in [5, 5.41) is 1.92. The van der Waals surface area contributed by atoms with Gasteiger partial charge in [-0.05, 0) is 6.08 Å². The molecule has 0 aliphatic heterocycles. The molecule has 64 valence electrons. The van der Waals surface area contributed by atoms with Gasteiger partial charge in [-0.1, -0.05) is 6.58 Å². The summed E-state index contributed by atoms with van der Waals surface area (Å²) >= 11 is 1.53. The molecule has 0 fully saturated rings. The fourth-order valence-electron chi connectivity index (χ4n) is 0.792. The Balaban J connectivity index is 2.52. The van der Waals surface area contributed by atoms with E-state index in [4.69, 9.17) is 0 Å². The molecule has 0 atom stereocenters. The maximum Gasteiger partial charge on any atom is 0.246 e. The van der Waals surface area contributed by atoms with E-state index in [1.807, 2.05) is 5.38 Å². The summed E-state index contributed by atoms with van der Waals surface area (Å²) in [7, 11) is 1.73. The van der Waals surface area contributed by atoms with Gasteiger partial charge in [0, 0.05) is 12.4 Å². The molecule has 0 aliphatic carbocycles. The third-order valence-corrected chi connectivity index (χ3v) is 2.07. The lowest BCUT2D eigenvalue weighted by molar-refractivity contribution is -0.125. The van der Waals surface area contributed by atoms with Crippen LogP contribution in [-0.2, 0) is 11.3 Å². The van der Waals surface area contributed by atoms with Crippen molar-refractivity contribution in [2.24, 2.45) is 0 Å². The van der Waals surface area contributed by atoms with Gasteiger partial charge in [-0.25, -0.2) is 4.98 Å². The lowest BCUT2D eigenvalue weighted by atomic mass is 10.4. The molecule has 0 unspecified atom stereocenters. The Kier molecular flexibility index (Phi) is 2.99. The number of thiazole rings is 1. The van der Waals surface area contributed by atoms with Crippen molar-refractivity contribution in [3.63, 3.8) is 0 Å². The number of nitrogens with zero attached hydrogens (tertiary/aromatic N) is 2. The molecule has 0 radical (unpaired) electrons. The predicted molar refractivity (Wildman–Crippen MR) is 48.8 cm³/mol. The van der Waals surface area contributed by atoms with Crippen LogP contribution in [0.1, 0.15) is 5.69 Å². The zero-order valence-corrected chi connectivity index (χ0v) is 7.67. The van der Waals surface area contributed by atoms with E-state index in [-0.39, 0.29) is 5.91 Å². The van der Waals surface area contributed by atoms with Crippen LogP contribution in [0.3, 0.4) is 0 Å². The molecule has 0 saturated heterocycles. The molecular weight excluding hydrogens is 172 g/mol. The van der Waals surface area contributed by atoms with E-state index in [9.17, 15) is 4.79 Å². The molecule has 0 spiro atoms. The fourth-order valence-corrected chi connectivity index (χ4v) is 1.34. The van der Waals surface area contributed by atoms with Gasteiger partial charge < -0.3 is 4.90 Å². The number of aromatic nitrogens is 1. The lowest BCUT2D eigenvalue weighted by Gasteiger charge is -2.12. The van der Waals surface area contributed by atoms with Crippen LogP contribution in [0.4, 0.5) is 0 Å². The normalized spacial score (nSPS) is 9.42. The van der Waals surface area contributed by atoms with Crippen molar-refractivity contribution in [3.05, 3.63) is 29.2 Å². The number of amides is 1. The quantitative estimate of drug-likeness (QED) is 0.660. The van der Waals surface area contributed by atoms with Crippen molar-refractivity contribution in [2.75, 3.05) is 7.05 Å². The van der Waals surface area contributed by atoms with Gasteiger partial charge in [0.1, 0.15) is 0 Å². The number of hydrogen-bond donors (Lipinski definition) is 0. The molecule has 0 N–H and O–H groups in total. The van der Waals surface area contributed by atoms with Crippen LogP contribution in [0.15, 0.2) is 23.5 Å². The maximum atomic E-state index is 11.0. The third-order valence-electron chi connectivity index (χ3n) is 1.43. The largest absolute Gasteiger partial charge is 0.336 e. The van der Waals surface area contributed by atoms with Gasteiger partial charge >= 0.3 is 0 Å². The van der Waals surface area contributed by atoms with Gasteiger partial charge in [0.25, 0.3) is 0 Å². The lowest BCUT2D eigenvalue weighted by Crippen LogP contribution is -2.23. The van der Waals surface area contributed by atoms with Gasteiger partial charge in [-0.15, -0.1) is 11.3 Å². The number of rotatable bonds is 3. The number of carbonyl (C=O) groups excluding carboxylic acids is 1. The number of carbonyl (C=O) groups is 1. The van der Waals surface area contributed by atoms with Crippen molar-refractivity contribution < 1.29 is 4.79 Å². The van der Waals surface area contributed by atoms with Gasteiger partial charge in [-0.3, -0.25) is 4.79 Å². The highest BCUT2D eigenvalue weighted by molar-refractivity contribution is 7.07. The van der Waals surface area contributed by atoms with E-state index in [2.05, 4.69) is 11.6 Å². The molecule has 0 saturated carbocycles. The minimum atomic E-state index is -0.0806. The fraction of sp³-hybridized carbons (Fsp3) is 0.250. The Morgan fingerprint density at radius 3 is 3.17 bits per heavy atom. The van der Waals surface area contributed by atoms with Crippen molar-refractivity contribution in [1.82, 2.24) is 9.88 Å². The first kappa shape index (κ1) is 8.93. The topological polar surface area (TPSA) is 33.2 Å². The molecular formula is C8H10N2OS. The average molecular weight is 182 g/mol. The molecule has 1 amide bonds. The van der Waals surface area contributed by atoms with E-state index in [0.717, 1.165) is 5.69 Å². The van der Waals surface area contributed by atoms with Crippen LogP contribution in [0.2, 0.25) is 0 Å². The molecule has 12 heavy (non-hydrogen) atoms. The molecule has 1 aromatic rings. The van der Waals surface area contributed by atoms with Crippen molar-refractivity contribution >= 4 is 17.2 Å². The van der Waals surface area contributed by atoms with E-state index >= 15 is 0 Å². The highest BCUT2D eigenvalue weighted by atomic mass is 32.1. The first-order valence-corrected chi connectivity index (χ1v) is 4.43. The third kappa shape index (κ3) is 2.17. The van der Waals surface area contributed by atoms with E-state index in [1.54, 1.807) is 17.5 Å². The number of hydrogen-bond acceptors (Lipinski definition) is 3. The highest BCUT2D eigenvalue weighted by Crippen LogP contribution is 2.03. The summed E-state index contributed by atoms with van der Waals surface area (Å²) in [5.74, 6) is -0.0806. The van der Waals surface area contributed by atoms with Crippen LogP contribution in [0.25, 0.3) is 0 Å². The first-order valence-electron chi connectivity index (χ1n) is 3.48. The van der Waals surface area contributed by atoms with E-state index < -0.39 is 0 Å². The summed E-state index contributed by atoms with van der Waals surface area (Å²) in [6, 6.07) is 0. The Labute approximate surface area is 75.3 Å². The van der Waals surface area contributed by atoms with Gasteiger partial charge in [0.05, 0.1) is 17.7 Å². The Hall–Kier alpha value is -1.16. The Bertz CT molecular complexity index is 269. The van der Waals surface area contributed by atoms with Crippen LogP contribution in [0.5, 0.6) is 0 Å². The minimum Gasteiger partial charge on any atom is -0.336 e. The molecule has 1 heterocycles. The zero-order valence-electron chi connectivity index (χ0n) is 6.86. The van der Waals surface area contributed by atoms with Gasteiger partial charge in [-0.2, -0.15) is 0 Å². The van der Waals surface area contributed by atoms with E-state index in [0.29, 0.717) is 6.54 Å². The number of likely N-dealkylation sites (N-methyl/N-ethyl adjacent to an activating group) is 1.